The molecule has 2 aromatic rings. The molecule has 0 saturated carbocycles. The largest absolute Gasteiger partial charge is 0.465 e. The Labute approximate surface area is 97.5 Å². The number of esters is 1. The van der Waals surface area contributed by atoms with E-state index < -0.39 is 0 Å². The zero-order chi connectivity index (χ0) is 11.5. The van der Waals surface area contributed by atoms with Crippen LogP contribution in [0.5, 0.6) is 0 Å². The maximum Gasteiger partial charge on any atom is 0.348 e. The molecule has 0 fully saturated rings. The molecule has 16 heavy (non-hydrogen) atoms. The van der Waals surface area contributed by atoms with Gasteiger partial charge in [-0.05, 0) is 18.2 Å². The van der Waals surface area contributed by atoms with Crippen LogP contribution in [0, 0.1) is 0 Å². The first-order valence-electron chi connectivity index (χ1n) is 4.75. The van der Waals surface area contributed by atoms with Gasteiger partial charge in [-0.2, -0.15) is 0 Å². The van der Waals surface area contributed by atoms with Crippen LogP contribution in [0.2, 0.25) is 0 Å². The van der Waals surface area contributed by atoms with Crippen molar-refractivity contribution < 1.29 is 9.53 Å². The molecular formula is C12H11NO2S. The van der Waals surface area contributed by atoms with Crippen LogP contribution < -0.4 is 5.73 Å². The highest BCUT2D eigenvalue weighted by Crippen LogP contribution is 2.32. The first-order chi connectivity index (χ1) is 7.72. The lowest BCUT2D eigenvalue weighted by molar-refractivity contribution is 0.0606. The summed E-state index contributed by atoms with van der Waals surface area (Å²) in [5.41, 5.74) is 7.52. The van der Waals surface area contributed by atoms with Crippen LogP contribution in [0.25, 0.3) is 10.4 Å². The molecule has 0 aliphatic carbocycles. The lowest BCUT2D eigenvalue weighted by atomic mass is 10.1. The third-order valence-corrected chi connectivity index (χ3v) is 3.32. The van der Waals surface area contributed by atoms with E-state index in [2.05, 4.69) is 4.74 Å². The highest BCUT2D eigenvalue weighted by atomic mass is 32.1. The standard InChI is InChI=1S/C12H11NO2S/c1-15-12(14)11-7-6-10(16-11)8-4-2-3-5-9(8)13/h2-7H,13H2,1H3. The number of ether oxygens (including phenoxy) is 1. The van der Waals surface area contributed by atoms with E-state index in [0.717, 1.165) is 10.4 Å². The lowest BCUT2D eigenvalue weighted by Gasteiger charge is -2.01. The predicted octanol–water partition coefficient (Wildman–Crippen LogP) is 2.78. The Hall–Kier alpha value is -1.81. The molecule has 1 aromatic heterocycles. The SMILES string of the molecule is COC(=O)c1ccc(-c2ccccc2N)s1. The Bertz CT molecular complexity index is 519. The number of nitrogens with two attached hydrogens (primary N) is 1. The summed E-state index contributed by atoms with van der Waals surface area (Å²) in [6.45, 7) is 0. The highest BCUT2D eigenvalue weighted by molar-refractivity contribution is 7.17. The first-order valence-corrected chi connectivity index (χ1v) is 5.57. The molecule has 0 radical (unpaired) electrons. The molecule has 0 spiro atoms. The molecule has 0 amide bonds. The molecule has 2 rings (SSSR count). The summed E-state index contributed by atoms with van der Waals surface area (Å²) in [7, 11) is 1.37. The number of thiophene rings is 1. The fraction of sp³-hybridized carbons (Fsp3) is 0.0833. The smallest absolute Gasteiger partial charge is 0.348 e. The van der Waals surface area contributed by atoms with Crippen LogP contribution in [0.3, 0.4) is 0 Å². The quantitative estimate of drug-likeness (QED) is 0.641. The molecule has 3 nitrogen and oxygen atoms in total. The van der Waals surface area contributed by atoms with Gasteiger partial charge in [-0.25, -0.2) is 4.79 Å². The van der Waals surface area contributed by atoms with E-state index in [-0.39, 0.29) is 5.97 Å². The summed E-state index contributed by atoms with van der Waals surface area (Å²) >= 11 is 1.38. The van der Waals surface area contributed by atoms with Crippen molar-refractivity contribution in [2.75, 3.05) is 12.8 Å². The average molecular weight is 233 g/mol. The molecule has 82 valence electrons. The molecule has 0 aliphatic rings. The van der Waals surface area contributed by atoms with Gasteiger partial charge in [0.05, 0.1) is 7.11 Å². The molecule has 1 heterocycles. The number of anilines is 1. The normalized spacial score (nSPS) is 10.1. The second-order valence-electron chi connectivity index (χ2n) is 3.24. The van der Waals surface area contributed by atoms with Crippen LogP contribution in [0.4, 0.5) is 5.69 Å². The molecule has 0 unspecified atom stereocenters. The zero-order valence-corrected chi connectivity index (χ0v) is 9.58. The third-order valence-electron chi connectivity index (χ3n) is 2.22. The fourth-order valence-corrected chi connectivity index (χ4v) is 2.39. The van der Waals surface area contributed by atoms with E-state index in [1.165, 1.54) is 18.4 Å². The first kappa shape index (κ1) is 10.7. The molecule has 1 aromatic carbocycles. The van der Waals surface area contributed by atoms with Crippen molar-refractivity contribution in [3.05, 3.63) is 41.3 Å². The second kappa shape index (κ2) is 4.37. The molecule has 2 N–H and O–H groups in total. The summed E-state index contributed by atoms with van der Waals surface area (Å²) in [6.07, 6.45) is 0. The number of carbonyl (C=O) groups is 1. The van der Waals surface area contributed by atoms with Crippen molar-refractivity contribution in [3.8, 4) is 10.4 Å². The summed E-state index contributed by atoms with van der Waals surface area (Å²) in [5.74, 6) is -0.314. The van der Waals surface area contributed by atoms with Crippen LogP contribution in [-0.2, 0) is 4.74 Å². The Morgan fingerprint density at radius 3 is 2.69 bits per heavy atom. The van der Waals surface area contributed by atoms with E-state index >= 15 is 0 Å². The van der Waals surface area contributed by atoms with Gasteiger partial charge >= 0.3 is 5.97 Å². The van der Waals surface area contributed by atoms with E-state index in [4.69, 9.17) is 5.73 Å². The van der Waals surface area contributed by atoms with E-state index in [0.29, 0.717) is 10.6 Å². The van der Waals surface area contributed by atoms with Crippen molar-refractivity contribution >= 4 is 23.0 Å². The number of para-hydroxylation sites is 1. The Kier molecular flexibility index (Phi) is 2.92. The van der Waals surface area contributed by atoms with Crippen molar-refractivity contribution in [3.63, 3.8) is 0 Å². The Balaban J connectivity index is 2.39. The molecule has 0 atom stereocenters. The van der Waals surface area contributed by atoms with Gasteiger partial charge in [-0.15, -0.1) is 11.3 Å². The Morgan fingerprint density at radius 2 is 2.00 bits per heavy atom. The number of methoxy groups -OCH3 is 1. The van der Waals surface area contributed by atoms with Crippen molar-refractivity contribution in [1.29, 1.82) is 0 Å². The van der Waals surface area contributed by atoms with Crippen LogP contribution >= 0.6 is 11.3 Å². The van der Waals surface area contributed by atoms with Gasteiger partial charge in [-0.1, -0.05) is 18.2 Å². The van der Waals surface area contributed by atoms with Gasteiger partial charge in [0, 0.05) is 16.1 Å². The maximum absolute atomic E-state index is 11.3. The minimum Gasteiger partial charge on any atom is -0.465 e. The summed E-state index contributed by atoms with van der Waals surface area (Å²) in [4.78, 5) is 12.9. The number of nitrogen functional groups attached to an aromatic ring is 1. The van der Waals surface area contributed by atoms with Crippen molar-refractivity contribution in [1.82, 2.24) is 0 Å². The third kappa shape index (κ3) is 1.92. The number of hydrogen-bond acceptors (Lipinski definition) is 4. The van der Waals surface area contributed by atoms with Gasteiger partial charge < -0.3 is 10.5 Å². The number of hydrogen-bond donors (Lipinski definition) is 1. The maximum atomic E-state index is 11.3. The van der Waals surface area contributed by atoms with E-state index in [1.807, 2.05) is 30.3 Å². The number of rotatable bonds is 2. The highest BCUT2D eigenvalue weighted by Gasteiger charge is 2.11. The van der Waals surface area contributed by atoms with Gasteiger partial charge in [0.1, 0.15) is 4.88 Å². The van der Waals surface area contributed by atoms with Gasteiger partial charge in [0.25, 0.3) is 0 Å². The van der Waals surface area contributed by atoms with E-state index in [1.54, 1.807) is 6.07 Å². The predicted molar refractivity (Wildman–Crippen MR) is 65.5 cm³/mol. The lowest BCUT2D eigenvalue weighted by Crippen LogP contribution is -1.96. The second-order valence-corrected chi connectivity index (χ2v) is 4.33. The summed E-state index contributed by atoms with van der Waals surface area (Å²) in [5, 5.41) is 0. The minimum atomic E-state index is -0.314. The number of benzene rings is 1. The monoisotopic (exact) mass is 233 g/mol. The van der Waals surface area contributed by atoms with Gasteiger partial charge in [0.2, 0.25) is 0 Å². The average Bonchev–Trinajstić information content (AvgIpc) is 2.78. The van der Waals surface area contributed by atoms with E-state index in [9.17, 15) is 4.79 Å². The van der Waals surface area contributed by atoms with Crippen LogP contribution in [0.1, 0.15) is 9.67 Å². The fourth-order valence-electron chi connectivity index (χ4n) is 1.41. The summed E-state index contributed by atoms with van der Waals surface area (Å²) in [6, 6.07) is 11.2. The zero-order valence-electron chi connectivity index (χ0n) is 8.77. The van der Waals surface area contributed by atoms with Gasteiger partial charge in [-0.3, -0.25) is 0 Å². The summed E-state index contributed by atoms with van der Waals surface area (Å²) < 4.78 is 4.66. The molecular weight excluding hydrogens is 222 g/mol. The van der Waals surface area contributed by atoms with Crippen molar-refractivity contribution in [2.24, 2.45) is 0 Å². The molecule has 0 bridgehead atoms. The number of carbonyl (C=O) groups excluding carboxylic acids is 1. The topological polar surface area (TPSA) is 52.3 Å². The van der Waals surface area contributed by atoms with Gasteiger partial charge in [0.15, 0.2) is 0 Å². The molecule has 0 aliphatic heterocycles. The van der Waals surface area contributed by atoms with Crippen molar-refractivity contribution in [2.45, 2.75) is 0 Å². The minimum absolute atomic E-state index is 0.314. The van der Waals surface area contributed by atoms with Crippen LogP contribution in [-0.4, -0.2) is 13.1 Å². The molecule has 0 saturated heterocycles. The van der Waals surface area contributed by atoms with Crippen LogP contribution in [0.15, 0.2) is 36.4 Å². The molecule has 4 heteroatoms. The Morgan fingerprint density at radius 1 is 1.25 bits per heavy atom.